The van der Waals surface area contributed by atoms with E-state index in [2.05, 4.69) is 22.4 Å². The molecule has 0 saturated carbocycles. The number of hydrogen-bond acceptors (Lipinski definition) is 3. The average molecular weight is 215 g/mol. The Balaban J connectivity index is 2.08. The molecule has 3 nitrogen and oxygen atoms in total. The maximum absolute atomic E-state index is 8.92. The van der Waals surface area contributed by atoms with Gasteiger partial charge in [-0.25, -0.2) is 0 Å². The van der Waals surface area contributed by atoms with Crippen molar-refractivity contribution >= 4 is 0 Å². The molecule has 0 bridgehead atoms. The molecule has 2 rings (SSSR count). The molecule has 16 heavy (non-hydrogen) atoms. The van der Waals surface area contributed by atoms with E-state index >= 15 is 0 Å². The Morgan fingerprint density at radius 1 is 1.31 bits per heavy atom. The van der Waals surface area contributed by atoms with Gasteiger partial charge in [-0.05, 0) is 30.2 Å². The van der Waals surface area contributed by atoms with Gasteiger partial charge in [-0.3, -0.25) is 4.90 Å². The summed E-state index contributed by atoms with van der Waals surface area (Å²) in [4.78, 5) is 2.42. The van der Waals surface area contributed by atoms with Gasteiger partial charge in [0, 0.05) is 32.7 Å². The van der Waals surface area contributed by atoms with Gasteiger partial charge in [0.15, 0.2) is 0 Å². The molecule has 1 aliphatic heterocycles. The van der Waals surface area contributed by atoms with E-state index in [0.717, 1.165) is 38.3 Å². The van der Waals surface area contributed by atoms with Gasteiger partial charge >= 0.3 is 0 Å². The van der Waals surface area contributed by atoms with Gasteiger partial charge < -0.3 is 5.32 Å². The van der Waals surface area contributed by atoms with Crippen LogP contribution in [0.4, 0.5) is 0 Å². The van der Waals surface area contributed by atoms with Crippen LogP contribution in [0.5, 0.6) is 0 Å². The molecule has 0 spiro atoms. The van der Waals surface area contributed by atoms with Crippen LogP contribution in [0.3, 0.4) is 0 Å². The number of nitrogens with one attached hydrogen (secondary N) is 1. The van der Waals surface area contributed by atoms with Crippen molar-refractivity contribution in [1.82, 2.24) is 10.2 Å². The molecule has 3 heteroatoms. The van der Waals surface area contributed by atoms with Crippen molar-refractivity contribution in [2.45, 2.75) is 13.5 Å². The highest BCUT2D eigenvalue weighted by molar-refractivity contribution is 5.36. The summed E-state index contributed by atoms with van der Waals surface area (Å²) in [5, 5.41) is 12.3. The summed E-state index contributed by atoms with van der Waals surface area (Å²) >= 11 is 0. The van der Waals surface area contributed by atoms with Gasteiger partial charge in [0.25, 0.3) is 0 Å². The second-order valence-corrected chi connectivity index (χ2v) is 4.35. The summed E-state index contributed by atoms with van der Waals surface area (Å²) in [5.74, 6) is 0. The first-order valence-corrected chi connectivity index (χ1v) is 5.72. The minimum absolute atomic E-state index is 0.769. The zero-order chi connectivity index (χ0) is 11.4. The second-order valence-electron chi connectivity index (χ2n) is 4.35. The van der Waals surface area contributed by atoms with Gasteiger partial charge in [0.05, 0.1) is 11.6 Å². The van der Waals surface area contributed by atoms with Crippen molar-refractivity contribution in [3.8, 4) is 6.07 Å². The van der Waals surface area contributed by atoms with Crippen LogP contribution in [-0.2, 0) is 6.54 Å². The predicted molar refractivity (Wildman–Crippen MR) is 64.0 cm³/mol. The molecule has 0 atom stereocenters. The fraction of sp³-hybridized carbons (Fsp3) is 0.462. The summed E-state index contributed by atoms with van der Waals surface area (Å²) in [6.45, 7) is 7.32. The molecule has 0 aliphatic carbocycles. The number of rotatable bonds is 2. The molecule has 0 radical (unpaired) electrons. The summed E-state index contributed by atoms with van der Waals surface area (Å²) < 4.78 is 0. The number of hydrogen-bond donors (Lipinski definition) is 1. The lowest BCUT2D eigenvalue weighted by molar-refractivity contribution is 0.233. The molecule has 84 valence electrons. The molecule has 1 aromatic carbocycles. The van der Waals surface area contributed by atoms with Crippen molar-refractivity contribution in [2.24, 2.45) is 0 Å². The van der Waals surface area contributed by atoms with E-state index in [0.29, 0.717) is 0 Å². The van der Waals surface area contributed by atoms with Crippen molar-refractivity contribution in [1.29, 1.82) is 5.26 Å². The second kappa shape index (κ2) is 5.11. The highest BCUT2D eigenvalue weighted by Crippen LogP contribution is 2.11. The molecule has 1 aliphatic rings. The first-order chi connectivity index (χ1) is 7.78. The van der Waals surface area contributed by atoms with Crippen molar-refractivity contribution < 1.29 is 0 Å². The highest BCUT2D eigenvalue weighted by atomic mass is 15.2. The third kappa shape index (κ3) is 2.82. The van der Waals surface area contributed by atoms with Crippen LogP contribution in [0.2, 0.25) is 0 Å². The van der Waals surface area contributed by atoms with Gasteiger partial charge in [0.2, 0.25) is 0 Å². The Kier molecular flexibility index (Phi) is 3.55. The lowest BCUT2D eigenvalue weighted by Gasteiger charge is -2.27. The zero-order valence-corrected chi connectivity index (χ0v) is 9.66. The van der Waals surface area contributed by atoms with E-state index in [-0.39, 0.29) is 0 Å². The molecular weight excluding hydrogens is 198 g/mol. The number of nitrogens with zero attached hydrogens (tertiary/aromatic N) is 2. The third-order valence-electron chi connectivity index (χ3n) is 2.88. The number of nitriles is 1. The van der Waals surface area contributed by atoms with E-state index in [9.17, 15) is 0 Å². The van der Waals surface area contributed by atoms with E-state index in [1.807, 2.05) is 19.1 Å². The molecule has 1 N–H and O–H groups in total. The lowest BCUT2D eigenvalue weighted by atomic mass is 10.1. The number of benzene rings is 1. The smallest absolute Gasteiger partial charge is 0.0991 e. The normalized spacial score (nSPS) is 17.0. The SMILES string of the molecule is Cc1cc(C#N)cc(CN2CCNCC2)c1. The Labute approximate surface area is 96.7 Å². The molecule has 0 aromatic heterocycles. The van der Waals surface area contributed by atoms with Crippen LogP contribution in [0.1, 0.15) is 16.7 Å². The lowest BCUT2D eigenvalue weighted by Crippen LogP contribution is -2.42. The summed E-state index contributed by atoms with van der Waals surface area (Å²) in [6.07, 6.45) is 0. The topological polar surface area (TPSA) is 39.1 Å². The van der Waals surface area contributed by atoms with E-state index in [4.69, 9.17) is 5.26 Å². The van der Waals surface area contributed by atoms with Crippen LogP contribution >= 0.6 is 0 Å². The fourth-order valence-corrected chi connectivity index (χ4v) is 2.15. The molecular formula is C13H17N3. The zero-order valence-electron chi connectivity index (χ0n) is 9.66. The van der Waals surface area contributed by atoms with Gasteiger partial charge in [-0.2, -0.15) is 5.26 Å². The van der Waals surface area contributed by atoms with Crippen LogP contribution < -0.4 is 5.32 Å². The van der Waals surface area contributed by atoms with E-state index in [1.54, 1.807) is 0 Å². The molecule has 1 fully saturated rings. The first kappa shape index (κ1) is 11.1. The number of piperazine rings is 1. The monoisotopic (exact) mass is 215 g/mol. The summed E-state index contributed by atoms with van der Waals surface area (Å²) in [7, 11) is 0. The molecule has 0 amide bonds. The van der Waals surface area contributed by atoms with Crippen LogP contribution in [-0.4, -0.2) is 31.1 Å². The summed E-state index contributed by atoms with van der Waals surface area (Å²) in [5.41, 5.74) is 3.19. The van der Waals surface area contributed by atoms with Crippen LogP contribution in [0.25, 0.3) is 0 Å². The van der Waals surface area contributed by atoms with E-state index in [1.165, 1.54) is 11.1 Å². The maximum atomic E-state index is 8.92. The first-order valence-electron chi connectivity index (χ1n) is 5.72. The standard InChI is InChI=1S/C13H17N3/c1-11-6-12(9-14)8-13(7-11)10-16-4-2-15-3-5-16/h6-8,15H,2-5,10H2,1H3. The van der Waals surface area contributed by atoms with Gasteiger partial charge in [-0.1, -0.05) is 6.07 Å². The summed E-state index contributed by atoms with van der Waals surface area (Å²) in [6, 6.07) is 8.31. The Morgan fingerprint density at radius 2 is 2.06 bits per heavy atom. The Bertz CT molecular complexity index is 400. The minimum Gasteiger partial charge on any atom is -0.314 e. The molecule has 1 heterocycles. The third-order valence-corrected chi connectivity index (χ3v) is 2.88. The largest absolute Gasteiger partial charge is 0.314 e. The quantitative estimate of drug-likeness (QED) is 0.807. The van der Waals surface area contributed by atoms with E-state index < -0.39 is 0 Å². The van der Waals surface area contributed by atoms with Crippen molar-refractivity contribution in [3.63, 3.8) is 0 Å². The number of aryl methyl sites for hydroxylation is 1. The van der Waals surface area contributed by atoms with Crippen molar-refractivity contribution in [2.75, 3.05) is 26.2 Å². The molecule has 0 unspecified atom stereocenters. The molecule has 1 aromatic rings. The molecule has 1 saturated heterocycles. The maximum Gasteiger partial charge on any atom is 0.0991 e. The van der Waals surface area contributed by atoms with Crippen molar-refractivity contribution in [3.05, 3.63) is 34.9 Å². The Morgan fingerprint density at radius 3 is 2.75 bits per heavy atom. The van der Waals surface area contributed by atoms with Gasteiger partial charge in [0.1, 0.15) is 0 Å². The predicted octanol–water partition coefficient (Wildman–Crippen LogP) is 1.27. The minimum atomic E-state index is 0.769. The average Bonchev–Trinajstić information content (AvgIpc) is 2.29. The van der Waals surface area contributed by atoms with Crippen LogP contribution in [0.15, 0.2) is 18.2 Å². The highest BCUT2D eigenvalue weighted by Gasteiger charge is 2.10. The fourth-order valence-electron chi connectivity index (χ4n) is 2.15. The van der Waals surface area contributed by atoms with Gasteiger partial charge in [-0.15, -0.1) is 0 Å². The Hall–Kier alpha value is -1.37. The van der Waals surface area contributed by atoms with Crippen LogP contribution in [0, 0.1) is 18.3 Å².